The zero-order valence-electron chi connectivity index (χ0n) is 9.14. The average Bonchev–Trinajstić information content (AvgIpc) is 2.29. The largest absolute Gasteiger partial charge is 0.349 e. The van der Waals surface area contributed by atoms with Crippen LogP contribution in [0, 0.1) is 11.5 Å². The lowest BCUT2D eigenvalue weighted by Gasteiger charge is -2.18. The number of amidine groups is 1. The van der Waals surface area contributed by atoms with Crippen LogP contribution in [0.3, 0.4) is 0 Å². The van der Waals surface area contributed by atoms with Gasteiger partial charge in [0.1, 0.15) is 0 Å². The predicted molar refractivity (Wildman–Crippen MR) is 72.2 cm³/mol. The van der Waals surface area contributed by atoms with Crippen molar-refractivity contribution in [3.63, 3.8) is 0 Å². The highest BCUT2D eigenvalue weighted by molar-refractivity contribution is 9.10. The van der Waals surface area contributed by atoms with Crippen LogP contribution in [0.5, 0.6) is 0 Å². The van der Waals surface area contributed by atoms with Gasteiger partial charge in [0.05, 0.1) is 0 Å². The number of aliphatic imine (C=N–C) groups is 1. The van der Waals surface area contributed by atoms with Crippen LogP contribution in [0.25, 0.3) is 0 Å². The molecule has 3 nitrogen and oxygen atoms in total. The smallest absolute Gasteiger partial charge is 0.208 e. The Kier molecular flexibility index (Phi) is 5.36. The number of hydrogen-bond donors (Lipinski definition) is 0. The summed E-state index contributed by atoms with van der Waals surface area (Å²) in [5, 5.41) is 9.26. The zero-order chi connectivity index (χ0) is 12.0. The maximum atomic E-state index is 8.54. The molecule has 5 heteroatoms. The first kappa shape index (κ1) is 13.1. The van der Waals surface area contributed by atoms with E-state index in [1.165, 1.54) is 17.3 Å². The molecule has 0 fully saturated rings. The van der Waals surface area contributed by atoms with Crippen LogP contribution in [-0.2, 0) is 6.54 Å². The van der Waals surface area contributed by atoms with E-state index in [0.717, 1.165) is 16.2 Å². The Labute approximate surface area is 108 Å². The Morgan fingerprint density at radius 1 is 1.50 bits per heavy atom. The predicted octanol–water partition coefficient (Wildman–Crippen LogP) is 3.08. The first-order chi connectivity index (χ1) is 7.67. The van der Waals surface area contributed by atoms with Gasteiger partial charge in [-0.15, -0.1) is 4.99 Å². The molecule has 0 saturated heterocycles. The van der Waals surface area contributed by atoms with Gasteiger partial charge in [-0.1, -0.05) is 39.8 Å². The number of benzene rings is 1. The van der Waals surface area contributed by atoms with E-state index in [1.54, 1.807) is 0 Å². The van der Waals surface area contributed by atoms with E-state index < -0.39 is 0 Å². The monoisotopic (exact) mass is 297 g/mol. The van der Waals surface area contributed by atoms with Gasteiger partial charge in [0.2, 0.25) is 6.19 Å². The lowest BCUT2D eigenvalue weighted by atomic mass is 10.2. The summed E-state index contributed by atoms with van der Waals surface area (Å²) in [5.74, 6) is 0. The van der Waals surface area contributed by atoms with E-state index in [2.05, 4.69) is 20.9 Å². The molecule has 0 bridgehead atoms. The van der Waals surface area contributed by atoms with Gasteiger partial charge in [-0.05, 0) is 24.0 Å². The third-order valence-corrected chi connectivity index (χ3v) is 3.28. The van der Waals surface area contributed by atoms with Crippen molar-refractivity contribution in [1.29, 1.82) is 5.26 Å². The second kappa shape index (κ2) is 6.56. The van der Waals surface area contributed by atoms with Gasteiger partial charge in [-0.25, -0.2) is 0 Å². The molecule has 0 aromatic heterocycles. The van der Waals surface area contributed by atoms with Crippen molar-refractivity contribution in [2.75, 3.05) is 13.3 Å². The van der Waals surface area contributed by atoms with Crippen LogP contribution in [0.4, 0.5) is 0 Å². The van der Waals surface area contributed by atoms with Gasteiger partial charge in [0, 0.05) is 18.1 Å². The Bertz CT molecular complexity index is 408. The number of hydrogen-bond acceptors (Lipinski definition) is 3. The summed E-state index contributed by atoms with van der Waals surface area (Å²) in [6.07, 6.45) is 3.72. The molecule has 1 aromatic carbocycles. The summed E-state index contributed by atoms with van der Waals surface area (Å²) in [7, 11) is 1.93. The van der Waals surface area contributed by atoms with Crippen molar-refractivity contribution in [3.8, 4) is 6.19 Å². The molecule has 0 heterocycles. The fourth-order valence-corrected chi connectivity index (χ4v) is 2.03. The third kappa shape index (κ3) is 3.87. The van der Waals surface area contributed by atoms with Crippen molar-refractivity contribution in [3.05, 3.63) is 34.3 Å². The topological polar surface area (TPSA) is 39.4 Å². The van der Waals surface area contributed by atoms with Crippen LogP contribution < -0.4 is 0 Å². The number of nitriles is 1. The Hall–Kier alpha value is -0.990. The van der Waals surface area contributed by atoms with Gasteiger partial charge < -0.3 is 4.90 Å². The minimum atomic E-state index is 0.727. The molecule has 0 saturated carbocycles. The summed E-state index contributed by atoms with van der Waals surface area (Å²) >= 11 is 4.86. The standard InChI is InChI=1S/C11H12BrN3S/c1-15(11(16-2)14-8-13)7-9-3-5-10(12)6-4-9/h3-6H,7H2,1-2H3. The van der Waals surface area contributed by atoms with Crippen molar-refractivity contribution in [2.24, 2.45) is 4.99 Å². The fourth-order valence-electron chi connectivity index (χ4n) is 1.26. The molecule has 0 aliphatic heterocycles. The summed E-state index contributed by atoms with van der Waals surface area (Å²) in [5.41, 5.74) is 1.19. The summed E-state index contributed by atoms with van der Waals surface area (Å²) in [4.78, 5) is 5.71. The molecule has 16 heavy (non-hydrogen) atoms. The average molecular weight is 298 g/mol. The van der Waals surface area contributed by atoms with E-state index in [0.29, 0.717) is 0 Å². The molecule has 1 aromatic rings. The number of nitrogens with zero attached hydrogens (tertiary/aromatic N) is 3. The van der Waals surface area contributed by atoms with E-state index in [-0.39, 0.29) is 0 Å². The zero-order valence-corrected chi connectivity index (χ0v) is 11.5. The Balaban J connectivity index is 2.71. The van der Waals surface area contributed by atoms with Gasteiger partial charge in [0.25, 0.3) is 0 Å². The van der Waals surface area contributed by atoms with E-state index in [1.807, 2.05) is 48.7 Å². The van der Waals surface area contributed by atoms with Gasteiger partial charge in [-0.2, -0.15) is 5.26 Å². The molecule has 0 radical (unpaired) electrons. The van der Waals surface area contributed by atoms with E-state index in [4.69, 9.17) is 5.26 Å². The molecule has 0 N–H and O–H groups in total. The fraction of sp³-hybridized carbons (Fsp3) is 0.273. The molecular formula is C11H12BrN3S. The van der Waals surface area contributed by atoms with Crippen LogP contribution in [-0.4, -0.2) is 23.4 Å². The first-order valence-corrected chi connectivity index (χ1v) is 6.65. The Morgan fingerprint density at radius 2 is 2.12 bits per heavy atom. The van der Waals surface area contributed by atoms with E-state index >= 15 is 0 Å². The minimum absolute atomic E-state index is 0.727. The SMILES string of the molecule is CSC(=NC#N)N(C)Cc1ccc(Br)cc1. The second-order valence-electron chi connectivity index (χ2n) is 3.18. The molecule has 0 amide bonds. The molecule has 0 aliphatic rings. The molecule has 0 spiro atoms. The van der Waals surface area contributed by atoms with Crippen LogP contribution in [0.2, 0.25) is 0 Å². The number of rotatable bonds is 2. The number of thioether (sulfide) groups is 1. The van der Waals surface area contributed by atoms with Crippen LogP contribution in [0.15, 0.2) is 33.7 Å². The molecule has 84 valence electrons. The summed E-state index contributed by atoms with van der Waals surface area (Å²) in [6.45, 7) is 0.745. The highest BCUT2D eigenvalue weighted by Gasteiger charge is 2.05. The first-order valence-electron chi connectivity index (χ1n) is 4.63. The molecule has 1 rings (SSSR count). The third-order valence-electron chi connectivity index (χ3n) is 1.99. The van der Waals surface area contributed by atoms with Crippen LogP contribution in [0.1, 0.15) is 5.56 Å². The maximum absolute atomic E-state index is 8.54. The molecular weight excluding hydrogens is 286 g/mol. The van der Waals surface area contributed by atoms with Crippen LogP contribution >= 0.6 is 27.7 Å². The maximum Gasteiger partial charge on any atom is 0.208 e. The van der Waals surface area contributed by atoms with Crippen molar-refractivity contribution in [1.82, 2.24) is 4.90 Å². The highest BCUT2D eigenvalue weighted by Crippen LogP contribution is 2.13. The van der Waals surface area contributed by atoms with Gasteiger partial charge >= 0.3 is 0 Å². The normalized spacial score (nSPS) is 11.0. The molecule has 0 unspecified atom stereocenters. The summed E-state index contributed by atoms with van der Waals surface area (Å²) in [6, 6.07) is 8.10. The molecule has 0 atom stereocenters. The quantitative estimate of drug-likeness (QED) is 0.478. The van der Waals surface area contributed by atoms with Crippen molar-refractivity contribution >= 4 is 32.9 Å². The molecule has 0 aliphatic carbocycles. The van der Waals surface area contributed by atoms with E-state index in [9.17, 15) is 0 Å². The van der Waals surface area contributed by atoms with Crippen molar-refractivity contribution in [2.45, 2.75) is 6.54 Å². The van der Waals surface area contributed by atoms with Gasteiger partial charge in [0.15, 0.2) is 5.17 Å². The number of halogens is 1. The lowest BCUT2D eigenvalue weighted by Crippen LogP contribution is -2.23. The second-order valence-corrected chi connectivity index (χ2v) is 4.87. The Morgan fingerprint density at radius 3 is 2.62 bits per heavy atom. The van der Waals surface area contributed by atoms with Gasteiger partial charge in [-0.3, -0.25) is 0 Å². The van der Waals surface area contributed by atoms with Crippen molar-refractivity contribution < 1.29 is 0 Å². The minimum Gasteiger partial charge on any atom is -0.349 e. The highest BCUT2D eigenvalue weighted by atomic mass is 79.9. The lowest BCUT2D eigenvalue weighted by molar-refractivity contribution is 0.511. The summed E-state index contributed by atoms with van der Waals surface area (Å²) < 4.78 is 1.06.